The molecular weight excluding hydrogens is 240 g/mol. The lowest BCUT2D eigenvalue weighted by atomic mass is 9.85. The van der Waals surface area contributed by atoms with Crippen LogP contribution in [0, 0.1) is 6.92 Å². The molecule has 0 radical (unpaired) electrons. The van der Waals surface area contributed by atoms with Crippen molar-refractivity contribution >= 4 is 11.8 Å². The van der Waals surface area contributed by atoms with E-state index in [9.17, 15) is 5.11 Å². The lowest BCUT2D eigenvalue weighted by Crippen LogP contribution is -2.39. The van der Waals surface area contributed by atoms with Crippen LogP contribution in [0.15, 0.2) is 0 Å². The molecule has 1 fully saturated rings. The first-order valence-corrected chi connectivity index (χ1v) is 7.13. The van der Waals surface area contributed by atoms with E-state index in [-0.39, 0.29) is 5.95 Å². The molecule has 2 rings (SSSR count). The number of nitrogens with one attached hydrogen (secondary N) is 1. The lowest BCUT2D eigenvalue weighted by Gasteiger charge is -2.32. The van der Waals surface area contributed by atoms with Crippen LogP contribution in [0.5, 0.6) is 0 Å². The molecule has 0 bridgehead atoms. The van der Waals surface area contributed by atoms with Crippen LogP contribution in [-0.4, -0.2) is 27.2 Å². The van der Waals surface area contributed by atoms with E-state index in [1.165, 1.54) is 6.42 Å². The zero-order valence-corrected chi connectivity index (χ0v) is 11.9. The van der Waals surface area contributed by atoms with E-state index in [0.717, 1.165) is 49.2 Å². The molecule has 1 aromatic heterocycles. The lowest BCUT2D eigenvalue weighted by molar-refractivity contribution is 0.0166. The average molecular weight is 264 g/mol. The highest BCUT2D eigenvalue weighted by molar-refractivity contribution is 5.49. The van der Waals surface area contributed by atoms with Crippen LogP contribution in [0.4, 0.5) is 11.8 Å². The third-order valence-corrected chi connectivity index (χ3v) is 3.95. The Morgan fingerprint density at radius 3 is 2.58 bits per heavy atom. The zero-order chi connectivity index (χ0) is 13.9. The first kappa shape index (κ1) is 14.1. The summed E-state index contributed by atoms with van der Waals surface area (Å²) in [7, 11) is 0. The van der Waals surface area contributed by atoms with Gasteiger partial charge in [-0.05, 0) is 26.2 Å². The number of aromatic nitrogens is 2. The van der Waals surface area contributed by atoms with E-state index in [0.29, 0.717) is 6.54 Å². The maximum Gasteiger partial charge on any atom is 0.222 e. The largest absolute Gasteiger partial charge is 0.388 e. The first-order valence-electron chi connectivity index (χ1n) is 7.13. The molecule has 106 valence electrons. The van der Waals surface area contributed by atoms with Crippen molar-refractivity contribution in [2.24, 2.45) is 0 Å². The molecule has 5 heteroatoms. The molecule has 5 nitrogen and oxygen atoms in total. The minimum absolute atomic E-state index is 0.285. The van der Waals surface area contributed by atoms with E-state index >= 15 is 0 Å². The number of nitrogens with zero attached hydrogens (tertiary/aromatic N) is 2. The highest BCUT2D eigenvalue weighted by Crippen LogP contribution is 2.28. The maximum atomic E-state index is 10.5. The van der Waals surface area contributed by atoms with Crippen LogP contribution in [0.2, 0.25) is 0 Å². The minimum Gasteiger partial charge on any atom is -0.388 e. The quantitative estimate of drug-likeness (QED) is 0.775. The van der Waals surface area contributed by atoms with Gasteiger partial charge in [-0.3, -0.25) is 0 Å². The topological polar surface area (TPSA) is 84.1 Å². The van der Waals surface area contributed by atoms with Crippen molar-refractivity contribution in [3.05, 3.63) is 11.3 Å². The van der Waals surface area contributed by atoms with Gasteiger partial charge in [-0.25, -0.2) is 4.98 Å². The standard InChI is InChI=1S/C14H24N4O/c1-3-11-10(2)17-13(15)18-12(11)16-9-14(19)7-5-4-6-8-14/h19H,3-9H2,1-2H3,(H3,15,16,17,18). The Labute approximate surface area is 114 Å². The van der Waals surface area contributed by atoms with Gasteiger partial charge in [-0.15, -0.1) is 0 Å². The van der Waals surface area contributed by atoms with Crippen LogP contribution < -0.4 is 11.1 Å². The van der Waals surface area contributed by atoms with Gasteiger partial charge in [-0.2, -0.15) is 4.98 Å². The zero-order valence-electron chi connectivity index (χ0n) is 11.9. The van der Waals surface area contributed by atoms with Crippen molar-refractivity contribution in [1.82, 2.24) is 9.97 Å². The maximum absolute atomic E-state index is 10.5. The summed E-state index contributed by atoms with van der Waals surface area (Å²) < 4.78 is 0. The molecule has 0 atom stereocenters. The average Bonchev–Trinajstić information content (AvgIpc) is 2.37. The molecule has 0 saturated heterocycles. The van der Waals surface area contributed by atoms with Crippen LogP contribution in [0.3, 0.4) is 0 Å². The summed E-state index contributed by atoms with van der Waals surface area (Å²) in [4.78, 5) is 8.45. The Kier molecular flexibility index (Phi) is 4.24. The van der Waals surface area contributed by atoms with Crippen molar-refractivity contribution in [3.8, 4) is 0 Å². The second-order valence-corrected chi connectivity index (χ2v) is 5.49. The monoisotopic (exact) mass is 264 g/mol. The molecule has 0 spiro atoms. The van der Waals surface area contributed by atoms with Gasteiger partial charge in [0.25, 0.3) is 0 Å². The van der Waals surface area contributed by atoms with Gasteiger partial charge < -0.3 is 16.2 Å². The third-order valence-electron chi connectivity index (χ3n) is 3.95. The van der Waals surface area contributed by atoms with Crippen molar-refractivity contribution in [1.29, 1.82) is 0 Å². The summed E-state index contributed by atoms with van der Waals surface area (Å²) in [6.45, 7) is 4.55. The third kappa shape index (κ3) is 3.35. The molecule has 0 amide bonds. The Morgan fingerprint density at radius 2 is 1.95 bits per heavy atom. The number of nitrogen functional groups attached to an aromatic ring is 1. The fraction of sp³-hybridized carbons (Fsp3) is 0.714. The number of rotatable bonds is 4. The van der Waals surface area contributed by atoms with Gasteiger partial charge in [0.2, 0.25) is 5.95 Å². The van der Waals surface area contributed by atoms with Gasteiger partial charge in [0.1, 0.15) is 5.82 Å². The summed E-state index contributed by atoms with van der Waals surface area (Å²) in [5.74, 6) is 1.05. The van der Waals surface area contributed by atoms with Crippen molar-refractivity contribution < 1.29 is 5.11 Å². The molecule has 0 aliphatic heterocycles. The summed E-state index contributed by atoms with van der Waals surface area (Å²) in [5, 5.41) is 13.8. The van der Waals surface area contributed by atoms with Crippen LogP contribution in [-0.2, 0) is 6.42 Å². The molecule has 1 saturated carbocycles. The predicted octanol–water partition coefficient (Wildman–Crippen LogP) is 2.04. The Hall–Kier alpha value is -1.36. The van der Waals surface area contributed by atoms with E-state index in [4.69, 9.17) is 5.73 Å². The van der Waals surface area contributed by atoms with Crippen molar-refractivity contribution in [2.75, 3.05) is 17.6 Å². The highest BCUT2D eigenvalue weighted by atomic mass is 16.3. The molecule has 1 aliphatic rings. The fourth-order valence-corrected chi connectivity index (χ4v) is 2.82. The molecule has 0 unspecified atom stereocenters. The minimum atomic E-state index is -0.600. The number of anilines is 2. The second kappa shape index (κ2) is 5.74. The van der Waals surface area contributed by atoms with Gasteiger partial charge in [0, 0.05) is 17.8 Å². The van der Waals surface area contributed by atoms with Crippen molar-refractivity contribution in [2.45, 2.75) is 58.0 Å². The van der Waals surface area contributed by atoms with Crippen LogP contribution >= 0.6 is 0 Å². The molecular formula is C14H24N4O. The molecule has 1 aromatic rings. The number of aryl methyl sites for hydroxylation is 1. The summed E-state index contributed by atoms with van der Waals surface area (Å²) in [6.07, 6.45) is 6.00. The Balaban J connectivity index is 2.10. The molecule has 19 heavy (non-hydrogen) atoms. The summed E-state index contributed by atoms with van der Waals surface area (Å²) >= 11 is 0. The number of hydrogen-bond donors (Lipinski definition) is 3. The first-order chi connectivity index (χ1) is 9.04. The molecule has 4 N–H and O–H groups in total. The van der Waals surface area contributed by atoms with Gasteiger partial charge in [-0.1, -0.05) is 26.2 Å². The van der Waals surface area contributed by atoms with Gasteiger partial charge in [0.05, 0.1) is 5.60 Å². The number of hydrogen-bond acceptors (Lipinski definition) is 5. The van der Waals surface area contributed by atoms with Crippen LogP contribution in [0.1, 0.15) is 50.3 Å². The Bertz CT molecular complexity index is 441. The van der Waals surface area contributed by atoms with E-state index < -0.39 is 5.60 Å². The van der Waals surface area contributed by atoms with Gasteiger partial charge in [0.15, 0.2) is 0 Å². The highest BCUT2D eigenvalue weighted by Gasteiger charge is 2.29. The molecule has 1 heterocycles. The summed E-state index contributed by atoms with van der Waals surface area (Å²) in [5.41, 5.74) is 7.09. The SMILES string of the molecule is CCc1c(C)nc(N)nc1NCC1(O)CCCCC1. The smallest absolute Gasteiger partial charge is 0.222 e. The normalized spacial score (nSPS) is 18.3. The number of nitrogens with two attached hydrogens (primary N) is 1. The fourth-order valence-electron chi connectivity index (χ4n) is 2.82. The predicted molar refractivity (Wildman–Crippen MR) is 77.1 cm³/mol. The summed E-state index contributed by atoms with van der Waals surface area (Å²) in [6, 6.07) is 0. The van der Waals surface area contributed by atoms with Crippen molar-refractivity contribution in [3.63, 3.8) is 0 Å². The second-order valence-electron chi connectivity index (χ2n) is 5.49. The van der Waals surface area contributed by atoms with Crippen LogP contribution in [0.25, 0.3) is 0 Å². The van der Waals surface area contributed by atoms with E-state index in [1.54, 1.807) is 0 Å². The van der Waals surface area contributed by atoms with E-state index in [2.05, 4.69) is 22.2 Å². The Morgan fingerprint density at radius 1 is 1.26 bits per heavy atom. The molecule has 0 aromatic carbocycles. The molecule has 1 aliphatic carbocycles. The number of aliphatic hydroxyl groups is 1. The van der Waals surface area contributed by atoms with E-state index in [1.807, 2.05) is 6.92 Å². The van der Waals surface area contributed by atoms with Gasteiger partial charge >= 0.3 is 0 Å².